The Balaban J connectivity index is 1.71. The maximum Gasteiger partial charge on any atom is 0.417 e. The van der Waals surface area contributed by atoms with Crippen molar-refractivity contribution in [2.45, 2.75) is 43.2 Å². The number of piperazine rings is 1. The highest BCUT2D eigenvalue weighted by Crippen LogP contribution is 2.35. The first-order valence-electron chi connectivity index (χ1n) is 9.16. The van der Waals surface area contributed by atoms with Crippen LogP contribution >= 0.6 is 0 Å². The Hall–Kier alpha value is -1.61. The molecule has 1 aliphatic carbocycles. The fraction of sp³-hybridized carbons (Fsp3) is 0.611. The molecule has 0 unspecified atom stereocenters. The van der Waals surface area contributed by atoms with Crippen LogP contribution in [0.3, 0.4) is 0 Å². The standard InChI is InChI=1S/C18H23F3N2O3S/c19-18(20,21)15-8-4-5-9-16(15)27(25,26)23-12-10-22(11-13-23)17(24)14-6-2-1-3-7-14/h4-5,8-9,14H,1-3,6-7,10-13H2. The molecule has 150 valence electrons. The number of rotatable bonds is 3. The second kappa shape index (κ2) is 7.79. The number of amides is 1. The lowest BCUT2D eigenvalue weighted by atomic mass is 9.88. The fourth-order valence-electron chi connectivity index (χ4n) is 3.82. The van der Waals surface area contributed by atoms with Gasteiger partial charge >= 0.3 is 6.18 Å². The number of halogens is 3. The Morgan fingerprint density at radius 3 is 2.15 bits per heavy atom. The highest BCUT2D eigenvalue weighted by Gasteiger charge is 2.40. The molecular weight excluding hydrogens is 381 g/mol. The van der Waals surface area contributed by atoms with Gasteiger partial charge in [-0.2, -0.15) is 17.5 Å². The Bertz CT molecular complexity index is 781. The molecule has 0 radical (unpaired) electrons. The van der Waals surface area contributed by atoms with Crippen LogP contribution in [0.2, 0.25) is 0 Å². The normalized spacial score (nSPS) is 20.6. The predicted molar refractivity (Wildman–Crippen MR) is 93.4 cm³/mol. The number of hydrogen-bond donors (Lipinski definition) is 0. The van der Waals surface area contributed by atoms with E-state index in [-0.39, 0.29) is 38.0 Å². The Morgan fingerprint density at radius 1 is 0.963 bits per heavy atom. The van der Waals surface area contributed by atoms with Gasteiger partial charge in [-0.25, -0.2) is 8.42 Å². The summed E-state index contributed by atoms with van der Waals surface area (Å²) in [5, 5.41) is 0. The van der Waals surface area contributed by atoms with E-state index >= 15 is 0 Å². The fourth-order valence-corrected chi connectivity index (χ4v) is 5.46. The summed E-state index contributed by atoms with van der Waals surface area (Å²) >= 11 is 0. The van der Waals surface area contributed by atoms with Gasteiger partial charge in [-0.1, -0.05) is 31.4 Å². The Labute approximate surface area is 157 Å². The average molecular weight is 404 g/mol. The zero-order valence-electron chi connectivity index (χ0n) is 14.9. The summed E-state index contributed by atoms with van der Waals surface area (Å²) < 4.78 is 66.1. The van der Waals surface area contributed by atoms with Crippen LogP contribution in [0.1, 0.15) is 37.7 Å². The van der Waals surface area contributed by atoms with Crippen LogP contribution < -0.4 is 0 Å². The molecule has 1 saturated carbocycles. The largest absolute Gasteiger partial charge is 0.417 e. The average Bonchev–Trinajstić information content (AvgIpc) is 2.67. The molecule has 0 N–H and O–H groups in total. The Kier molecular flexibility index (Phi) is 5.81. The van der Waals surface area contributed by atoms with Crippen LogP contribution in [-0.2, 0) is 21.0 Å². The predicted octanol–water partition coefficient (Wildman–Crippen LogP) is 3.12. The monoisotopic (exact) mass is 404 g/mol. The molecule has 3 rings (SSSR count). The second-order valence-corrected chi connectivity index (χ2v) is 8.96. The zero-order valence-corrected chi connectivity index (χ0v) is 15.7. The van der Waals surface area contributed by atoms with Crippen molar-refractivity contribution in [2.24, 2.45) is 5.92 Å². The van der Waals surface area contributed by atoms with Gasteiger partial charge in [0.05, 0.1) is 10.5 Å². The summed E-state index contributed by atoms with van der Waals surface area (Å²) in [6.07, 6.45) is 0.154. The molecule has 0 aromatic heterocycles. The number of carbonyl (C=O) groups excluding carboxylic acids is 1. The molecule has 1 saturated heterocycles. The van der Waals surface area contributed by atoms with Crippen LogP contribution in [0.25, 0.3) is 0 Å². The van der Waals surface area contributed by atoms with Gasteiger partial charge in [-0.05, 0) is 25.0 Å². The number of sulfonamides is 1. The minimum absolute atomic E-state index is 0.00661. The van der Waals surface area contributed by atoms with Crippen molar-refractivity contribution in [3.63, 3.8) is 0 Å². The van der Waals surface area contributed by atoms with Crippen LogP contribution in [0.5, 0.6) is 0 Å². The first kappa shape index (κ1) is 20.1. The Morgan fingerprint density at radius 2 is 1.56 bits per heavy atom. The van der Waals surface area contributed by atoms with Crippen molar-refractivity contribution >= 4 is 15.9 Å². The maximum atomic E-state index is 13.2. The molecule has 1 aromatic rings. The van der Waals surface area contributed by atoms with Crippen molar-refractivity contribution in [1.82, 2.24) is 9.21 Å². The smallest absolute Gasteiger partial charge is 0.340 e. The van der Waals surface area contributed by atoms with Gasteiger partial charge in [0, 0.05) is 32.1 Å². The second-order valence-electron chi connectivity index (χ2n) is 7.06. The molecule has 1 amide bonds. The molecule has 1 heterocycles. The number of carbonyl (C=O) groups is 1. The van der Waals surface area contributed by atoms with E-state index in [4.69, 9.17) is 0 Å². The summed E-state index contributed by atoms with van der Waals surface area (Å²) in [6.45, 7) is 0.436. The van der Waals surface area contributed by atoms with Gasteiger partial charge in [0.15, 0.2) is 0 Å². The SMILES string of the molecule is O=C(C1CCCCC1)N1CCN(S(=O)(=O)c2ccccc2C(F)(F)F)CC1. The lowest BCUT2D eigenvalue weighted by Crippen LogP contribution is -2.52. The van der Waals surface area contributed by atoms with Gasteiger partial charge in [-0.15, -0.1) is 0 Å². The van der Waals surface area contributed by atoms with Crippen molar-refractivity contribution in [3.05, 3.63) is 29.8 Å². The molecule has 1 aliphatic heterocycles. The highest BCUT2D eigenvalue weighted by molar-refractivity contribution is 7.89. The topological polar surface area (TPSA) is 57.7 Å². The van der Waals surface area contributed by atoms with Gasteiger partial charge in [-0.3, -0.25) is 4.79 Å². The first-order valence-corrected chi connectivity index (χ1v) is 10.6. The highest BCUT2D eigenvalue weighted by atomic mass is 32.2. The zero-order chi connectivity index (χ0) is 19.7. The molecule has 2 aliphatic rings. The van der Waals surface area contributed by atoms with Gasteiger partial charge in [0.1, 0.15) is 0 Å². The summed E-state index contributed by atoms with van der Waals surface area (Å²) in [5.74, 6) is 0.0373. The molecule has 0 spiro atoms. The van der Waals surface area contributed by atoms with Crippen molar-refractivity contribution < 1.29 is 26.4 Å². The molecule has 0 atom stereocenters. The summed E-state index contributed by atoms with van der Waals surface area (Å²) in [5.41, 5.74) is -1.16. The van der Waals surface area contributed by atoms with E-state index in [1.165, 1.54) is 12.1 Å². The van der Waals surface area contributed by atoms with E-state index in [0.717, 1.165) is 48.5 Å². The maximum absolute atomic E-state index is 13.2. The lowest BCUT2D eigenvalue weighted by Gasteiger charge is -2.36. The number of alkyl halides is 3. The summed E-state index contributed by atoms with van der Waals surface area (Å²) in [4.78, 5) is 13.5. The van der Waals surface area contributed by atoms with E-state index in [1.54, 1.807) is 4.90 Å². The van der Waals surface area contributed by atoms with Gasteiger partial charge in [0.25, 0.3) is 0 Å². The third kappa shape index (κ3) is 4.29. The first-order chi connectivity index (χ1) is 12.7. The minimum Gasteiger partial charge on any atom is -0.340 e. The van der Waals surface area contributed by atoms with Crippen LogP contribution in [0.4, 0.5) is 13.2 Å². The van der Waals surface area contributed by atoms with E-state index in [1.807, 2.05) is 0 Å². The third-order valence-electron chi connectivity index (χ3n) is 5.32. The number of hydrogen-bond acceptors (Lipinski definition) is 3. The van der Waals surface area contributed by atoms with E-state index < -0.39 is 26.7 Å². The van der Waals surface area contributed by atoms with Crippen molar-refractivity contribution in [1.29, 1.82) is 0 Å². The molecule has 1 aromatic carbocycles. The van der Waals surface area contributed by atoms with Crippen LogP contribution in [0, 0.1) is 5.92 Å². The van der Waals surface area contributed by atoms with Gasteiger partial charge in [0.2, 0.25) is 15.9 Å². The third-order valence-corrected chi connectivity index (χ3v) is 7.27. The molecular formula is C18H23F3N2O3S. The summed E-state index contributed by atoms with van der Waals surface area (Å²) in [6, 6.07) is 4.21. The molecule has 27 heavy (non-hydrogen) atoms. The molecule has 5 nitrogen and oxygen atoms in total. The van der Waals surface area contributed by atoms with E-state index in [0.29, 0.717) is 0 Å². The van der Waals surface area contributed by atoms with Crippen molar-refractivity contribution in [2.75, 3.05) is 26.2 Å². The van der Waals surface area contributed by atoms with Crippen LogP contribution in [0.15, 0.2) is 29.2 Å². The molecule has 9 heteroatoms. The number of nitrogens with zero attached hydrogens (tertiary/aromatic N) is 2. The van der Waals surface area contributed by atoms with E-state index in [9.17, 15) is 26.4 Å². The van der Waals surface area contributed by atoms with Crippen molar-refractivity contribution in [3.8, 4) is 0 Å². The lowest BCUT2D eigenvalue weighted by molar-refractivity contribution is -0.140. The van der Waals surface area contributed by atoms with Crippen LogP contribution in [-0.4, -0.2) is 49.7 Å². The van der Waals surface area contributed by atoms with Gasteiger partial charge < -0.3 is 4.90 Å². The molecule has 2 fully saturated rings. The quantitative estimate of drug-likeness (QED) is 0.778. The molecule has 0 bridgehead atoms. The summed E-state index contributed by atoms with van der Waals surface area (Å²) in [7, 11) is -4.27. The number of benzene rings is 1. The van der Waals surface area contributed by atoms with E-state index in [2.05, 4.69) is 0 Å². The minimum atomic E-state index is -4.75.